The van der Waals surface area contributed by atoms with Crippen LogP contribution in [0.3, 0.4) is 0 Å². The second-order valence-electron chi connectivity index (χ2n) is 10.5. The smallest absolute Gasteiger partial charge is 0.491 e. The van der Waals surface area contributed by atoms with Crippen molar-refractivity contribution in [3.63, 3.8) is 0 Å². The third-order valence-electron chi connectivity index (χ3n) is 7.04. The Labute approximate surface area is 240 Å². The molecule has 3 aromatic rings. The van der Waals surface area contributed by atoms with Crippen LogP contribution in [-0.4, -0.2) is 39.3 Å². The molecular weight excluding hydrogens is 606 g/mol. The molecule has 0 aromatic heterocycles. The van der Waals surface area contributed by atoms with E-state index in [0.29, 0.717) is 26.8 Å². The maximum Gasteiger partial charge on any atom is 0.491 e. The first-order valence-corrected chi connectivity index (χ1v) is 15.6. The molecule has 1 aliphatic rings. The van der Waals surface area contributed by atoms with Crippen LogP contribution in [0.4, 0.5) is 0 Å². The molecule has 1 heterocycles. The molecule has 1 atom stereocenters. The van der Waals surface area contributed by atoms with Crippen LogP contribution >= 0.6 is 22.6 Å². The lowest BCUT2D eigenvalue weighted by atomic mass is 9.71. The van der Waals surface area contributed by atoms with Crippen molar-refractivity contribution in [1.82, 2.24) is 0 Å². The van der Waals surface area contributed by atoms with Crippen molar-refractivity contribution >= 4 is 48.4 Å². The quantitative estimate of drug-likeness (QED) is 0.250. The first-order chi connectivity index (χ1) is 18.1. The minimum Gasteiger partial charge on any atom is -0.504 e. The molecular formula is C30H34BIO5Si. The molecule has 1 aliphatic heterocycles. The Morgan fingerprint density at radius 3 is 2.16 bits per heavy atom. The zero-order valence-electron chi connectivity index (χ0n) is 22.3. The van der Waals surface area contributed by atoms with Crippen molar-refractivity contribution in [2.24, 2.45) is 0 Å². The molecule has 1 unspecified atom stereocenters. The average Bonchev–Trinajstić information content (AvgIpc) is 2.90. The van der Waals surface area contributed by atoms with Gasteiger partial charge in [-0.3, -0.25) is 0 Å². The molecule has 0 bridgehead atoms. The molecule has 0 saturated carbocycles. The number of aromatic hydroxyl groups is 1. The van der Waals surface area contributed by atoms with Gasteiger partial charge in [-0.05, 0) is 73.2 Å². The Morgan fingerprint density at radius 2 is 1.66 bits per heavy atom. The first kappa shape index (κ1) is 28.6. The summed E-state index contributed by atoms with van der Waals surface area (Å²) in [5, 5.41) is 23.4. The van der Waals surface area contributed by atoms with Gasteiger partial charge in [0.2, 0.25) is 0 Å². The Balaban J connectivity index is 1.60. The Hall–Kier alpha value is -2.37. The highest BCUT2D eigenvalue weighted by atomic mass is 127. The van der Waals surface area contributed by atoms with Crippen molar-refractivity contribution in [3.8, 4) is 11.5 Å². The predicted molar refractivity (Wildman–Crippen MR) is 165 cm³/mol. The summed E-state index contributed by atoms with van der Waals surface area (Å²) in [6.45, 7) is 11.3. The van der Waals surface area contributed by atoms with Crippen LogP contribution in [0.5, 0.6) is 11.5 Å². The summed E-state index contributed by atoms with van der Waals surface area (Å²) in [5.41, 5.74) is 2.16. The van der Waals surface area contributed by atoms with Gasteiger partial charge in [0.1, 0.15) is 0 Å². The third kappa shape index (κ3) is 5.65. The van der Waals surface area contributed by atoms with E-state index in [1.807, 2.05) is 24.3 Å². The molecule has 2 N–H and O–H groups in total. The molecule has 38 heavy (non-hydrogen) atoms. The number of ether oxygens (including phenoxy) is 1. The van der Waals surface area contributed by atoms with E-state index in [1.54, 1.807) is 6.07 Å². The van der Waals surface area contributed by atoms with E-state index in [4.69, 9.17) is 13.8 Å². The van der Waals surface area contributed by atoms with E-state index >= 15 is 0 Å². The van der Waals surface area contributed by atoms with Gasteiger partial charge in [0.15, 0.2) is 11.5 Å². The van der Waals surface area contributed by atoms with E-state index in [0.717, 1.165) is 5.56 Å². The highest BCUT2D eigenvalue weighted by Crippen LogP contribution is 2.40. The zero-order chi connectivity index (χ0) is 27.5. The van der Waals surface area contributed by atoms with Crippen molar-refractivity contribution in [1.29, 1.82) is 0 Å². The normalized spacial score (nSPS) is 16.2. The second kappa shape index (κ2) is 11.8. The molecule has 0 fully saturated rings. The number of phenols is 1. The monoisotopic (exact) mass is 640 g/mol. The van der Waals surface area contributed by atoms with Crippen molar-refractivity contribution in [2.75, 3.05) is 13.7 Å². The van der Waals surface area contributed by atoms with E-state index in [9.17, 15) is 10.1 Å². The number of hydrogen-bond donors (Lipinski definition) is 2. The minimum absolute atomic E-state index is 0.0956. The highest BCUT2D eigenvalue weighted by Gasteiger charge is 2.50. The van der Waals surface area contributed by atoms with Gasteiger partial charge in [-0.2, -0.15) is 0 Å². The number of methoxy groups -OCH3 is 1. The van der Waals surface area contributed by atoms with Gasteiger partial charge in [0, 0.05) is 0 Å². The summed E-state index contributed by atoms with van der Waals surface area (Å²) < 4.78 is 19.0. The van der Waals surface area contributed by atoms with Crippen LogP contribution in [0.2, 0.25) is 5.04 Å². The fourth-order valence-corrected chi connectivity index (χ4v) is 10.3. The summed E-state index contributed by atoms with van der Waals surface area (Å²) >= 11 is 2.06. The largest absolute Gasteiger partial charge is 0.504 e. The molecule has 5 nitrogen and oxygen atoms in total. The van der Waals surface area contributed by atoms with Crippen molar-refractivity contribution in [3.05, 3.63) is 106 Å². The van der Waals surface area contributed by atoms with Gasteiger partial charge in [0.25, 0.3) is 8.32 Å². The number of rotatable bonds is 8. The van der Waals surface area contributed by atoms with Crippen LogP contribution < -0.4 is 15.1 Å². The maximum atomic E-state index is 11.0. The van der Waals surface area contributed by atoms with Gasteiger partial charge < -0.3 is 23.9 Å². The molecule has 0 amide bonds. The zero-order valence-corrected chi connectivity index (χ0v) is 25.4. The Morgan fingerprint density at radius 1 is 1.08 bits per heavy atom. The highest BCUT2D eigenvalue weighted by molar-refractivity contribution is 14.1. The molecule has 3 aromatic carbocycles. The summed E-state index contributed by atoms with van der Waals surface area (Å²) in [7, 11) is -2.36. The minimum atomic E-state index is -2.73. The fraction of sp³-hybridized carbons (Fsp3) is 0.267. The number of benzene rings is 3. The van der Waals surface area contributed by atoms with E-state index in [1.165, 1.54) is 17.5 Å². The van der Waals surface area contributed by atoms with Gasteiger partial charge in [-0.15, -0.1) is 0 Å². The average molecular weight is 640 g/mol. The van der Waals surface area contributed by atoms with Crippen LogP contribution in [-0.2, 0) is 9.08 Å². The maximum absolute atomic E-state index is 11.0. The van der Waals surface area contributed by atoms with Gasteiger partial charge >= 0.3 is 7.12 Å². The molecule has 0 aliphatic carbocycles. The standard InChI is InChI=1S/C30H34BIO5Si/c1-21(25-16-17-27(37-31(25)34)22-18-26(32)29(33)28(19-22)35-5)20-36-38(30(2,3)4,23-12-8-6-9-13-23)24-14-10-7-11-15-24/h6-16,18-19,27,33-34H,1,17,20H2,2-5H3. The first-order valence-electron chi connectivity index (χ1n) is 12.6. The molecule has 198 valence electrons. The van der Waals surface area contributed by atoms with Crippen molar-refractivity contribution in [2.45, 2.75) is 38.3 Å². The van der Waals surface area contributed by atoms with E-state index in [-0.39, 0.29) is 23.5 Å². The van der Waals surface area contributed by atoms with Gasteiger partial charge in [-0.1, -0.05) is 94.1 Å². The molecule has 0 radical (unpaired) electrons. The number of halogens is 1. The predicted octanol–water partition coefficient (Wildman–Crippen LogP) is 5.55. The Kier molecular flexibility index (Phi) is 8.89. The lowest BCUT2D eigenvalue weighted by Crippen LogP contribution is -2.66. The summed E-state index contributed by atoms with van der Waals surface area (Å²) in [6.07, 6.45) is 2.15. The summed E-state index contributed by atoms with van der Waals surface area (Å²) in [5.74, 6) is 0.473. The summed E-state index contributed by atoms with van der Waals surface area (Å²) in [4.78, 5) is 0. The van der Waals surface area contributed by atoms with E-state index < -0.39 is 15.4 Å². The van der Waals surface area contributed by atoms with Crippen molar-refractivity contribution < 1.29 is 23.9 Å². The molecule has 8 heteroatoms. The van der Waals surface area contributed by atoms with Crippen LogP contribution in [0.15, 0.2) is 96.5 Å². The van der Waals surface area contributed by atoms with Crippen LogP contribution in [0.1, 0.15) is 38.9 Å². The molecule has 0 spiro atoms. The third-order valence-corrected chi connectivity index (χ3v) is 12.8. The fourth-order valence-electron chi connectivity index (χ4n) is 5.13. The molecule has 4 rings (SSSR count). The Bertz CT molecular complexity index is 1270. The van der Waals surface area contributed by atoms with Crippen LogP contribution in [0, 0.1) is 3.57 Å². The second-order valence-corrected chi connectivity index (χ2v) is 15.9. The van der Waals surface area contributed by atoms with Gasteiger partial charge in [0.05, 0.1) is 23.4 Å². The van der Waals surface area contributed by atoms with Crippen LogP contribution in [0.25, 0.3) is 0 Å². The number of phenolic OH excluding ortho intramolecular Hbond substituents is 1. The van der Waals surface area contributed by atoms with Gasteiger partial charge in [-0.25, -0.2) is 0 Å². The number of hydrogen-bond acceptors (Lipinski definition) is 5. The lowest BCUT2D eigenvalue weighted by Gasteiger charge is -2.43. The summed E-state index contributed by atoms with van der Waals surface area (Å²) in [6, 6.07) is 24.5. The molecule has 0 saturated heterocycles. The topological polar surface area (TPSA) is 68.2 Å². The lowest BCUT2D eigenvalue weighted by molar-refractivity contribution is 0.167. The van der Waals surface area contributed by atoms with E-state index in [2.05, 4.69) is 98.5 Å². The SMILES string of the molecule is C=C(CO[Si](c1ccccc1)(c1ccccc1)C(C)(C)C)C1=CCC(c2cc(I)c(O)c(OC)c2)OB1O.